The fourth-order valence-corrected chi connectivity index (χ4v) is 2.81. The van der Waals surface area contributed by atoms with Crippen LogP contribution in [0.2, 0.25) is 5.02 Å². The number of hydrogen-bond donors (Lipinski definition) is 2. The topological polar surface area (TPSA) is 62.5 Å². The second kappa shape index (κ2) is 6.67. The van der Waals surface area contributed by atoms with Crippen molar-refractivity contribution >= 4 is 28.3 Å². The average molecular weight is 344 g/mol. The van der Waals surface area contributed by atoms with Gasteiger partial charge >= 0.3 is 5.63 Å². The summed E-state index contributed by atoms with van der Waals surface area (Å²) in [5.74, 6) is 0. The average Bonchev–Trinajstić information content (AvgIpc) is 2.55. The third-order valence-corrected chi connectivity index (χ3v) is 4.46. The lowest BCUT2D eigenvalue weighted by molar-refractivity contribution is 0.282. The van der Waals surface area contributed by atoms with E-state index in [0.29, 0.717) is 22.8 Å². The highest BCUT2D eigenvalue weighted by atomic mass is 35.5. The number of anilines is 1. The Kier molecular flexibility index (Phi) is 4.60. The van der Waals surface area contributed by atoms with Gasteiger partial charge in [-0.15, -0.1) is 0 Å². The minimum absolute atomic E-state index is 0.0534. The maximum atomic E-state index is 11.8. The smallest absolute Gasteiger partial charge is 0.336 e. The Hall–Kier alpha value is -2.30. The van der Waals surface area contributed by atoms with Crippen molar-refractivity contribution in [1.82, 2.24) is 0 Å². The van der Waals surface area contributed by atoms with Gasteiger partial charge < -0.3 is 14.8 Å². The second-order valence-corrected chi connectivity index (χ2v) is 6.26. The number of aliphatic hydroxyl groups excluding tert-OH is 1. The minimum atomic E-state index is -0.377. The number of hydrogen-bond acceptors (Lipinski definition) is 4. The zero-order chi connectivity index (χ0) is 17.3. The van der Waals surface area contributed by atoms with Gasteiger partial charge in [-0.3, -0.25) is 0 Å². The molecule has 5 heteroatoms. The lowest BCUT2D eigenvalue weighted by Crippen LogP contribution is -2.06. The van der Waals surface area contributed by atoms with Gasteiger partial charge in [0.05, 0.1) is 17.3 Å². The Bertz CT molecular complexity index is 963. The summed E-state index contributed by atoms with van der Waals surface area (Å²) in [6.07, 6.45) is 0. The zero-order valence-electron chi connectivity index (χ0n) is 13.5. The molecule has 24 heavy (non-hydrogen) atoms. The first-order valence-electron chi connectivity index (χ1n) is 7.65. The first-order valence-corrected chi connectivity index (χ1v) is 8.03. The van der Waals surface area contributed by atoms with Gasteiger partial charge in [-0.2, -0.15) is 0 Å². The quantitative estimate of drug-likeness (QED) is 0.698. The molecule has 2 aromatic carbocycles. The molecular weight excluding hydrogens is 326 g/mol. The van der Waals surface area contributed by atoms with E-state index in [9.17, 15) is 9.90 Å². The summed E-state index contributed by atoms with van der Waals surface area (Å²) in [6.45, 7) is 4.39. The molecule has 4 nitrogen and oxygen atoms in total. The number of aryl methyl sites for hydroxylation is 2. The summed E-state index contributed by atoms with van der Waals surface area (Å²) >= 11 is 6.19. The summed E-state index contributed by atoms with van der Waals surface area (Å²) in [4.78, 5) is 11.8. The van der Waals surface area contributed by atoms with Crippen LogP contribution in [0.4, 0.5) is 5.69 Å². The molecule has 0 saturated carbocycles. The van der Waals surface area contributed by atoms with E-state index in [1.165, 1.54) is 6.07 Å². The first-order chi connectivity index (χ1) is 11.5. The van der Waals surface area contributed by atoms with Crippen molar-refractivity contribution in [3.05, 3.63) is 74.1 Å². The molecule has 1 heterocycles. The van der Waals surface area contributed by atoms with Gasteiger partial charge in [-0.25, -0.2) is 4.79 Å². The van der Waals surface area contributed by atoms with Crippen molar-refractivity contribution < 1.29 is 9.52 Å². The van der Waals surface area contributed by atoms with Crippen LogP contribution in [-0.2, 0) is 13.2 Å². The normalized spacial score (nSPS) is 11.0. The van der Waals surface area contributed by atoms with Crippen molar-refractivity contribution in [3.8, 4) is 0 Å². The van der Waals surface area contributed by atoms with Crippen LogP contribution in [-0.4, -0.2) is 5.11 Å². The van der Waals surface area contributed by atoms with Gasteiger partial charge in [0.2, 0.25) is 0 Å². The summed E-state index contributed by atoms with van der Waals surface area (Å²) < 4.78 is 5.31. The molecule has 0 radical (unpaired) electrons. The van der Waals surface area contributed by atoms with Gasteiger partial charge in [0, 0.05) is 18.0 Å². The molecule has 0 aliphatic carbocycles. The van der Waals surface area contributed by atoms with E-state index in [2.05, 4.69) is 5.32 Å². The van der Waals surface area contributed by atoms with Crippen LogP contribution in [0.5, 0.6) is 0 Å². The molecule has 124 valence electrons. The van der Waals surface area contributed by atoms with Crippen LogP contribution in [0, 0.1) is 13.8 Å². The first kappa shape index (κ1) is 16.6. The third kappa shape index (κ3) is 3.30. The zero-order valence-corrected chi connectivity index (χ0v) is 14.3. The predicted molar refractivity (Wildman–Crippen MR) is 96.7 cm³/mol. The van der Waals surface area contributed by atoms with Crippen molar-refractivity contribution in [3.63, 3.8) is 0 Å². The molecule has 0 aliphatic heterocycles. The number of benzene rings is 2. The van der Waals surface area contributed by atoms with Crippen molar-refractivity contribution in [2.45, 2.75) is 27.0 Å². The van der Waals surface area contributed by atoms with Gasteiger partial charge in [0.1, 0.15) is 5.58 Å². The summed E-state index contributed by atoms with van der Waals surface area (Å²) in [5.41, 5.74) is 4.75. The highest BCUT2D eigenvalue weighted by Crippen LogP contribution is 2.26. The predicted octanol–water partition coefficient (Wildman–Crippen LogP) is 4.17. The maximum absolute atomic E-state index is 11.8. The lowest BCUT2D eigenvalue weighted by Gasteiger charge is -2.12. The van der Waals surface area contributed by atoms with E-state index < -0.39 is 0 Å². The summed E-state index contributed by atoms with van der Waals surface area (Å²) in [5, 5.41) is 13.9. The molecule has 3 aromatic rings. The molecule has 0 aliphatic rings. The molecular formula is C19H18ClNO3. The standard InChI is InChI=1S/C19H18ClNO3/c1-11-5-15-14(8-19(23)24-18(15)6-12(11)2)9-21-17-7-13(10-22)3-4-16(17)20/h3-8,21-22H,9-10H2,1-2H3. The molecule has 0 amide bonds. The van der Waals surface area contributed by atoms with Crippen molar-refractivity contribution in [1.29, 1.82) is 0 Å². The van der Waals surface area contributed by atoms with Crippen molar-refractivity contribution in [2.24, 2.45) is 0 Å². The van der Waals surface area contributed by atoms with Crippen LogP contribution in [0.15, 0.2) is 45.6 Å². The molecule has 2 N–H and O–H groups in total. The highest BCUT2D eigenvalue weighted by molar-refractivity contribution is 6.33. The fourth-order valence-electron chi connectivity index (χ4n) is 2.63. The van der Waals surface area contributed by atoms with Gasteiger partial charge in [0.15, 0.2) is 0 Å². The number of fused-ring (bicyclic) bond motifs is 1. The van der Waals surface area contributed by atoms with Crippen molar-refractivity contribution in [2.75, 3.05) is 5.32 Å². The van der Waals surface area contributed by atoms with Gasteiger partial charge in [-0.05, 0) is 60.4 Å². The molecule has 0 spiro atoms. The molecule has 0 bridgehead atoms. The number of halogens is 1. The SMILES string of the molecule is Cc1cc2oc(=O)cc(CNc3cc(CO)ccc3Cl)c2cc1C. The second-order valence-electron chi connectivity index (χ2n) is 5.85. The Morgan fingerprint density at radius 2 is 1.88 bits per heavy atom. The molecule has 0 fully saturated rings. The number of nitrogens with one attached hydrogen (secondary N) is 1. The monoisotopic (exact) mass is 343 g/mol. The van der Waals surface area contributed by atoms with Crippen LogP contribution < -0.4 is 10.9 Å². The van der Waals surface area contributed by atoms with Crippen LogP contribution >= 0.6 is 11.6 Å². The molecule has 3 rings (SSSR count). The van der Waals surface area contributed by atoms with E-state index in [4.69, 9.17) is 16.0 Å². The Labute approximate surface area is 144 Å². The maximum Gasteiger partial charge on any atom is 0.336 e. The summed E-state index contributed by atoms with van der Waals surface area (Å²) in [7, 11) is 0. The molecule has 0 atom stereocenters. The highest BCUT2D eigenvalue weighted by Gasteiger charge is 2.09. The minimum Gasteiger partial charge on any atom is -0.423 e. The third-order valence-electron chi connectivity index (χ3n) is 4.13. The Balaban J connectivity index is 1.98. The van der Waals surface area contributed by atoms with E-state index in [-0.39, 0.29) is 12.2 Å². The largest absolute Gasteiger partial charge is 0.423 e. The van der Waals surface area contributed by atoms with Crippen LogP contribution in [0.25, 0.3) is 11.0 Å². The Morgan fingerprint density at radius 1 is 1.12 bits per heavy atom. The van der Waals surface area contributed by atoms with Crippen LogP contribution in [0.3, 0.4) is 0 Å². The van der Waals surface area contributed by atoms with Crippen LogP contribution in [0.1, 0.15) is 22.3 Å². The lowest BCUT2D eigenvalue weighted by atomic mass is 10.0. The molecule has 1 aromatic heterocycles. The van der Waals surface area contributed by atoms with E-state index in [0.717, 1.165) is 27.6 Å². The molecule has 0 saturated heterocycles. The fraction of sp³-hybridized carbons (Fsp3) is 0.211. The molecule has 0 unspecified atom stereocenters. The van der Waals surface area contributed by atoms with E-state index >= 15 is 0 Å². The summed E-state index contributed by atoms with van der Waals surface area (Å²) in [6, 6.07) is 10.7. The van der Waals surface area contributed by atoms with E-state index in [1.807, 2.05) is 26.0 Å². The van der Waals surface area contributed by atoms with Gasteiger partial charge in [0.25, 0.3) is 0 Å². The number of aliphatic hydroxyl groups is 1. The van der Waals surface area contributed by atoms with E-state index in [1.54, 1.807) is 18.2 Å². The Morgan fingerprint density at radius 3 is 2.62 bits per heavy atom. The van der Waals surface area contributed by atoms with Gasteiger partial charge in [-0.1, -0.05) is 17.7 Å². The number of rotatable bonds is 4.